The standard InChI is InChI=1S/C7H17N.FH/c1-2-3-4-5-6-7-8;/h2-8H2,1H3;1H. The van der Waals surface area contributed by atoms with Crippen LogP contribution in [0.15, 0.2) is 0 Å². The maximum absolute atomic E-state index is 3.78. The summed E-state index contributed by atoms with van der Waals surface area (Å²) in [6.45, 7) is 3.36. The number of quaternary nitrogens is 1. The topological polar surface area (TPSA) is 27.6 Å². The Morgan fingerprint density at radius 3 is 2.00 bits per heavy atom. The monoisotopic (exact) mass is 135 g/mol. The fourth-order valence-electron chi connectivity index (χ4n) is 0.780. The van der Waals surface area contributed by atoms with Crippen molar-refractivity contribution in [3.8, 4) is 0 Å². The molecule has 0 heterocycles. The molecule has 1 nitrogen and oxygen atoms in total. The molecule has 0 saturated carbocycles. The maximum Gasteiger partial charge on any atom is 0.0739 e. The van der Waals surface area contributed by atoms with E-state index in [1.807, 2.05) is 0 Å². The van der Waals surface area contributed by atoms with Crippen molar-refractivity contribution in [2.45, 2.75) is 39.0 Å². The molecule has 0 aliphatic heterocycles. The van der Waals surface area contributed by atoms with Gasteiger partial charge in [0, 0.05) is 0 Å². The fraction of sp³-hybridized carbons (Fsp3) is 1.00. The molecule has 58 valence electrons. The van der Waals surface area contributed by atoms with Crippen molar-refractivity contribution in [2.75, 3.05) is 6.54 Å². The van der Waals surface area contributed by atoms with Gasteiger partial charge in [-0.25, -0.2) is 0 Å². The van der Waals surface area contributed by atoms with Crippen LogP contribution in [0.3, 0.4) is 0 Å². The van der Waals surface area contributed by atoms with Crippen LogP contribution in [0.4, 0.5) is 0 Å². The second-order valence-corrected chi connectivity index (χ2v) is 2.27. The zero-order chi connectivity index (χ0) is 6.24. The Balaban J connectivity index is 0. The summed E-state index contributed by atoms with van der Waals surface area (Å²) in [6, 6.07) is 0. The molecular weight excluding hydrogens is 117 g/mol. The van der Waals surface area contributed by atoms with Crippen LogP contribution in [-0.2, 0) is 0 Å². The van der Waals surface area contributed by atoms with E-state index in [2.05, 4.69) is 12.7 Å². The predicted octanol–water partition coefficient (Wildman–Crippen LogP) is -1.80. The normalized spacial score (nSPS) is 8.67. The molecule has 0 aliphatic carbocycles. The Morgan fingerprint density at radius 2 is 1.56 bits per heavy atom. The average molecular weight is 135 g/mol. The highest BCUT2D eigenvalue weighted by molar-refractivity contribution is 4.38. The molecule has 0 rings (SSSR count). The molecule has 0 aromatic carbocycles. The summed E-state index contributed by atoms with van der Waals surface area (Å²) in [5.41, 5.74) is 3.78. The van der Waals surface area contributed by atoms with E-state index >= 15 is 0 Å². The second-order valence-electron chi connectivity index (χ2n) is 2.27. The van der Waals surface area contributed by atoms with Crippen LogP contribution >= 0.6 is 0 Å². The van der Waals surface area contributed by atoms with Crippen molar-refractivity contribution < 1.29 is 10.4 Å². The molecule has 0 aromatic heterocycles. The lowest BCUT2D eigenvalue weighted by Gasteiger charge is -1.92. The third-order valence-corrected chi connectivity index (χ3v) is 1.35. The Bertz CT molecular complexity index is 33.9. The van der Waals surface area contributed by atoms with Crippen molar-refractivity contribution in [2.24, 2.45) is 0 Å². The molecule has 0 fully saturated rings. The molecular formula is C7H18FN. The number of hydrogen-bond donors (Lipinski definition) is 1. The van der Waals surface area contributed by atoms with Gasteiger partial charge in [-0.1, -0.05) is 26.2 Å². The lowest BCUT2D eigenvalue weighted by molar-refractivity contribution is -0.368. The number of unbranched alkanes of at least 4 members (excludes halogenated alkanes) is 4. The first kappa shape index (κ1) is 11.7. The Kier molecular flexibility index (Phi) is 14.0. The first-order valence-corrected chi connectivity index (χ1v) is 3.71. The number of halogens is 1. The highest BCUT2D eigenvalue weighted by atomic mass is 19.0. The molecule has 0 spiro atoms. The molecule has 0 bridgehead atoms. The minimum absolute atomic E-state index is 0. The van der Waals surface area contributed by atoms with Crippen LogP contribution < -0.4 is 10.4 Å². The van der Waals surface area contributed by atoms with Crippen LogP contribution in [-0.4, -0.2) is 6.54 Å². The maximum atomic E-state index is 3.78. The van der Waals surface area contributed by atoms with Crippen molar-refractivity contribution in [1.82, 2.24) is 0 Å². The smallest absolute Gasteiger partial charge is 0.0739 e. The lowest BCUT2D eigenvalue weighted by Crippen LogP contribution is -3.00. The predicted molar refractivity (Wildman–Crippen MR) is 36.5 cm³/mol. The van der Waals surface area contributed by atoms with Gasteiger partial charge in [0.15, 0.2) is 0 Å². The highest BCUT2D eigenvalue weighted by Gasteiger charge is 1.85. The summed E-state index contributed by atoms with van der Waals surface area (Å²) in [5.74, 6) is 0. The van der Waals surface area contributed by atoms with Crippen molar-refractivity contribution >= 4 is 0 Å². The Hall–Kier alpha value is -0.110. The largest absolute Gasteiger partial charge is 1.00 e. The molecule has 3 N–H and O–H groups in total. The van der Waals surface area contributed by atoms with Gasteiger partial charge in [-0.15, -0.1) is 0 Å². The van der Waals surface area contributed by atoms with Crippen molar-refractivity contribution in [1.29, 1.82) is 0 Å². The van der Waals surface area contributed by atoms with Crippen LogP contribution in [0.5, 0.6) is 0 Å². The first-order chi connectivity index (χ1) is 3.91. The van der Waals surface area contributed by atoms with Gasteiger partial charge < -0.3 is 10.4 Å². The molecule has 0 atom stereocenters. The van der Waals surface area contributed by atoms with Gasteiger partial charge in [0.2, 0.25) is 0 Å². The SMILES string of the molecule is CCCCCCC[NH3+].[F-]. The molecule has 0 saturated heterocycles. The quantitative estimate of drug-likeness (QED) is 0.431. The summed E-state index contributed by atoms with van der Waals surface area (Å²) in [4.78, 5) is 0. The Morgan fingerprint density at radius 1 is 1.00 bits per heavy atom. The molecule has 0 radical (unpaired) electrons. The van der Waals surface area contributed by atoms with Crippen LogP contribution in [0.2, 0.25) is 0 Å². The van der Waals surface area contributed by atoms with E-state index in [0.29, 0.717) is 0 Å². The molecule has 0 aliphatic rings. The van der Waals surface area contributed by atoms with Crippen LogP contribution in [0.1, 0.15) is 39.0 Å². The summed E-state index contributed by atoms with van der Waals surface area (Å²) in [6.07, 6.45) is 6.86. The zero-order valence-electron chi connectivity index (χ0n) is 6.33. The minimum atomic E-state index is 0. The number of hydrogen-bond acceptors (Lipinski definition) is 0. The van der Waals surface area contributed by atoms with E-state index in [-0.39, 0.29) is 4.70 Å². The van der Waals surface area contributed by atoms with E-state index in [9.17, 15) is 0 Å². The van der Waals surface area contributed by atoms with E-state index in [1.54, 1.807) is 0 Å². The summed E-state index contributed by atoms with van der Waals surface area (Å²) >= 11 is 0. The Labute approximate surface area is 57.0 Å². The average Bonchev–Trinajstić information content (AvgIpc) is 1.81. The third kappa shape index (κ3) is 11.4. The van der Waals surface area contributed by atoms with Gasteiger partial charge in [-0.3, -0.25) is 0 Å². The van der Waals surface area contributed by atoms with Gasteiger partial charge in [0.05, 0.1) is 6.54 Å². The molecule has 9 heavy (non-hydrogen) atoms. The molecule has 0 amide bonds. The summed E-state index contributed by atoms with van der Waals surface area (Å²) in [5, 5.41) is 0. The van der Waals surface area contributed by atoms with E-state index in [0.717, 1.165) is 6.54 Å². The summed E-state index contributed by atoms with van der Waals surface area (Å²) < 4.78 is 0. The highest BCUT2D eigenvalue weighted by Crippen LogP contribution is 1.99. The van der Waals surface area contributed by atoms with Gasteiger partial charge >= 0.3 is 0 Å². The van der Waals surface area contributed by atoms with Crippen LogP contribution in [0, 0.1) is 0 Å². The zero-order valence-corrected chi connectivity index (χ0v) is 6.33. The summed E-state index contributed by atoms with van der Waals surface area (Å²) in [7, 11) is 0. The second kappa shape index (κ2) is 10.8. The van der Waals surface area contributed by atoms with Gasteiger partial charge in [0.1, 0.15) is 0 Å². The molecule has 0 unspecified atom stereocenters. The van der Waals surface area contributed by atoms with Gasteiger partial charge in [-0.05, 0) is 12.8 Å². The van der Waals surface area contributed by atoms with Crippen molar-refractivity contribution in [3.63, 3.8) is 0 Å². The van der Waals surface area contributed by atoms with E-state index in [4.69, 9.17) is 0 Å². The molecule has 0 aromatic rings. The minimum Gasteiger partial charge on any atom is -1.00 e. The number of rotatable bonds is 5. The third-order valence-electron chi connectivity index (χ3n) is 1.35. The van der Waals surface area contributed by atoms with Crippen LogP contribution in [0.25, 0.3) is 0 Å². The van der Waals surface area contributed by atoms with Crippen molar-refractivity contribution in [3.05, 3.63) is 0 Å². The van der Waals surface area contributed by atoms with E-state index in [1.165, 1.54) is 32.1 Å². The van der Waals surface area contributed by atoms with Gasteiger partial charge in [0.25, 0.3) is 0 Å². The van der Waals surface area contributed by atoms with E-state index < -0.39 is 0 Å². The fourth-order valence-corrected chi connectivity index (χ4v) is 0.780. The first-order valence-electron chi connectivity index (χ1n) is 3.71. The van der Waals surface area contributed by atoms with Gasteiger partial charge in [-0.2, -0.15) is 0 Å². The molecule has 2 heteroatoms. The lowest BCUT2D eigenvalue weighted by atomic mass is 10.2.